The van der Waals surface area contributed by atoms with Gasteiger partial charge in [0.25, 0.3) is 5.91 Å². The van der Waals surface area contributed by atoms with Gasteiger partial charge in [-0.3, -0.25) is 10.1 Å². The first kappa shape index (κ1) is 18.9. The molecule has 1 atom stereocenters. The Hall–Kier alpha value is -2.87. The molecule has 0 aliphatic carbocycles. The van der Waals surface area contributed by atoms with Crippen molar-refractivity contribution >= 4 is 29.1 Å². The summed E-state index contributed by atoms with van der Waals surface area (Å²) in [5.41, 5.74) is 2.87. The number of thiophene rings is 1. The number of ether oxygens (including phenoxy) is 1. The molecule has 3 aromatic rings. The van der Waals surface area contributed by atoms with E-state index in [0.29, 0.717) is 17.8 Å². The van der Waals surface area contributed by atoms with E-state index >= 15 is 0 Å². The highest BCUT2D eigenvalue weighted by atomic mass is 32.1. The van der Waals surface area contributed by atoms with Crippen molar-refractivity contribution in [2.45, 2.75) is 40.3 Å². The van der Waals surface area contributed by atoms with E-state index in [0.717, 1.165) is 11.4 Å². The number of anilines is 1. The average molecular weight is 387 g/mol. The van der Waals surface area contributed by atoms with Crippen molar-refractivity contribution in [3.05, 3.63) is 57.2 Å². The minimum atomic E-state index is -0.969. The van der Waals surface area contributed by atoms with Gasteiger partial charge in [0.2, 0.25) is 5.88 Å². The highest BCUT2D eigenvalue weighted by Crippen LogP contribution is 2.20. The monoisotopic (exact) mass is 387 g/mol. The number of hydrogen-bond donors (Lipinski definition) is 1. The Morgan fingerprint density at radius 2 is 2.11 bits per heavy atom. The smallest absolute Gasteiger partial charge is 0.340 e. The van der Waals surface area contributed by atoms with Crippen LogP contribution in [0.3, 0.4) is 0 Å². The van der Waals surface area contributed by atoms with Crippen LogP contribution in [0.5, 0.6) is 0 Å². The fraction of sp³-hybridized carbons (Fsp3) is 0.316. The number of aryl methyl sites for hydroxylation is 2. The second-order valence-electron chi connectivity index (χ2n) is 6.32. The molecule has 0 spiro atoms. The Kier molecular flexibility index (Phi) is 5.46. The van der Waals surface area contributed by atoms with E-state index in [2.05, 4.69) is 21.1 Å². The van der Waals surface area contributed by atoms with Crippen LogP contribution in [0, 0.1) is 20.8 Å². The van der Waals surface area contributed by atoms with Gasteiger partial charge in [-0.1, -0.05) is 11.2 Å². The van der Waals surface area contributed by atoms with E-state index in [-0.39, 0.29) is 5.88 Å². The third kappa shape index (κ3) is 4.28. The summed E-state index contributed by atoms with van der Waals surface area (Å²) in [5.74, 6) is -0.793. The van der Waals surface area contributed by atoms with Crippen LogP contribution in [0.2, 0.25) is 0 Å². The fourth-order valence-corrected chi connectivity index (χ4v) is 3.43. The normalized spacial score (nSPS) is 12.0. The molecule has 3 rings (SSSR count). The van der Waals surface area contributed by atoms with Crippen LogP contribution in [-0.2, 0) is 16.1 Å². The fourth-order valence-electron chi connectivity index (χ4n) is 2.73. The molecule has 142 valence electrons. The number of carbonyl (C=O) groups is 2. The van der Waals surface area contributed by atoms with E-state index in [9.17, 15) is 9.59 Å². The highest BCUT2D eigenvalue weighted by molar-refractivity contribution is 7.09. The summed E-state index contributed by atoms with van der Waals surface area (Å²) in [6.45, 7) is 7.78. The minimum absolute atomic E-state index is 0.217. The standard InChI is InChI=1S/C19H21N3O4S/c1-11-8-17(26-21-11)20-18(23)14(4)25-19(24)16-9-12(2)22(13(16)3)10-15-6-5-7-27-15/h5-9,14H,10H2,1-4H3,(H,20,23). The lowest BCUT2D eigenvalue weighted by Crippen LogP contribution is -2.30. The van der Waals surface area contributed by atoms with Gasteiger partial charge in [-0.05, 0) is 45.2 Å². The van der Waals surface area contributed by atoms with Gasteiger partial charge in [0.1, 0.15) is 0 Å². The quantitative estimate of drug-likeness (QED) is 0.652. The topological polar surface area (TPSA) is 86.4 Å². The molecule has 0 saturated heterocycles. The number of rotatable bonds is 6. The molecule has 3 heterocycles. The van der Waals surface area contributed by atoms with Crippen molar-refractivity contribution in [2.75, 3.05) is 5.32 Å². The molecule has 8 heteroatoms. The number of hydrogen-bond acceptors (Lipinski definition) is 6. The molecule has 1 unspecified atom stereocenters. The second-order valence-corrected chi connectivity index (χ2v) is 7.35. The highest BCUT2D eigenvalue weighted by Gasteiger charge is 2.23. The first-order valence-electron chi connectivity index (χ1n) is 8.49. The van der Waals surface area contributed by atoms with E-state index in [1.165, 1.54) is 11.8 Å². The average Bonchev–Trinajstić information content (AvgIpc) is 3.33. The van der Waals surface area contributed by atoms with Crippen LogP contribution >= 0.6 is 11.3 Å². The molecule has 0 radical (unpaired) electrons. The second kappa shape index (κ2) is 7.79. The van der Waals surface area contributed by atoms with Crippen molar-refractivity contribution in [1.29, 1.82) is 0 Å². The predicted octanol–water partition coefficient (Wildman–Crippen LogP) is 3.70. The van der Waals surface area contributed by atoms with Gasteiger partial charge in [-0.25, -0.2) is 4.79 Å². The Morgan fingerprint density at radius 3 is 2.74 bits per heavy atom. The summed E-state index contributed by atoms with van der Waals surface area (Å²) >= 11 is 1.67. The van der Waals surface area contributed by atoms with Crippen LogP contribution in [-0.4, -0.2) is 27.7 Å². The third-order valence-corrected chi connectivity index (χ3v) is 5.08. The number of esters is 1. The molecule has 7 nitrogen and oxygen atoms in total. The lowest BCUT2D eigenvalue weighted by molar-refractivity contribution is -0.123. The molecule has 0 saturated carbocycles. The Morgan fingerprint density at radius 1 is 1.33 bits per heavy atom. The molecule has 27 heavy (non-hydrogen) atoms. The molecule has 0 aliphatic heterocycles. The van der Waals surface area contributed by atoms with Gasteiger partial charge >= 0.3 is 5.97 Å². The molecule has 0 fully saturated rings. The van der Waals surface area contributed by atoms with Gasteiger partial charge in [-0.15, -0.1) is 11.3 Å². The van der Waals surface area contributed by atoms with E-state index in [4.69, 9.17) is 9.26 Å². The van der Waals surface area contributed by atoms with Crippen molar-refractivity contribution < 1.29 is 18.8 Å². The van der Waals surface area contributed by atoms with Crippen molar-refractivity contribution in [3.8, 4) is 0 Å². The van der Waals surface area contributed by atoms with Crippen molar-refractivity contribution in [3.63, 3.8) is 0 Å². The lowest BCUT2D eigenvalue weighted by atomic mass is 10.2. The maximum atomic E-state index is 12.6. The Labute approximate surface area is 160 Å². The van der Waals surface area contributed by atoms with Crippen LogP contribution in [0.25, 0.3) is 0 Å². The van der Waals surface area contributed by atoms with Crippen LogP contribution in [0.4, 0.5) is 5.88 Å². The number of carbonyl (C=O) groups excluding carboxylic acids is 2. The largest absolute Gasteiger partial charge is 0.449 e. The first-order valence-corrected chi connectivity index (χ1v) is 9.37. The number of aromatic nitrogens is 2. The van der Waals surface area contributed by atoms with Gasteiger partial charge in [-0.2, -0.15) is 0 Å². The molecular formula is C19H21N3O4S. The molecule has 1 amide bonds. The van der Waals surface area contributed by atoms with Gasteiger partial charge < -0.3 is 13.8 Å². The molecular weight excluding hydrogens is 366 g/mol. The first-order chi connectivity index (χ1) is 12.8. The van der Waals surface area contributed by atoms with E-state index < -0.39 is 18.0 Å². The third-order valence-electron chi connectivity index (χ3n) is 4.22. The van der Waals surface area contributed by atoms with Gasteiger partial charge in [0.15, 0.2) is 6.10 Å². The van der Waals surface area contributed by atoms with Crippen LogP contribution in [0.15, 0.2) is 34.2 Å². The molecule has 3 aromatic heterocycles. The molecule has 0 aliphatic rings. The Bertz CT molecular complexity index is 956. The summed E-state index contributed by atoms with van der Waals surface area (Å²) in [6, 6.07) is 7.43. The van der Waals surface area contributed by atoms with E-state index in [1.807, 2.05) is 25.3 Å². The Balaban J connectivity index is 1.67. The van der Waals surface area contributed by atoms with Crippen LogP contribution < -0.4 is 5.32 Å². The maximum absolute atomic E-state index is 12.6. The molecule has 0 bridgehead atoms. The van der Waals surface area contributed by atoms with Crippen molar-refractivity contribution in [2.24, 2.45) is 0 Å². The van der Waals surface area contributed by atoms with Crippen molar-refractivity contribution in [1.82, 2.24) is 9.72 Å². The zero-order valence-electron chi connectivity index (χ0n) is 15.6. The number of amides is 1. The van der Waals surface area contributed by atoms with Crippen LogP contribution in [0.1, 0.15) is 39.2 Å². The number of nitrogens with one attached hydrogen (secondary N) is 1. The predicted molar refractivity (Wildman–Crippen MR) is 102 cm³/mol. The summed E-state index contributed by atoms with van der Waals surface area (Å²) in [6.07, 6.45) is -0.969. The summed E-state index contributed by atoms with van der Waals surface area (Å²) in [4.78, 5) is 25.9. The zero-order valence-corrected chi connectivity index (χ0v) is 16.4. The summed E-state index contributed by atoms with van der Waals surface area (Å²) in [7, 11) is 0. The molecule has 1 N–H and O–H groups in total. The summed E-state index contributed by atoms with van der Waals surface area (Å²) in [5, 5.41) is 8.25. The summed E-state index contributed by atoms with van der Waals surface area (Å²) < 4.78 is 12.3. The maximum Gasteiger partial charge on any atom is 0.340 e. The van der Waals surface area contributed by atoms with Gasteiger partial charge in [0, 0.05) is 22.3 Å². The minimum Gasteiger partial charge on any atom is -0.449 e. The lowest BCUT2D eigenvalue weighted by Gasteiger charge is -2.12. The molecule has 0 aromatic carbocycles. The van der Waals surface area contributed by atoms with E-state index in [1.54, 1.807) is 30.4 Å². The van der Waals surface area contributed by atoms with Gasteiger partial charge in [0.05, 0.1) is 17.8 Å². The SMILES string of the molecule is Cc1cc(NC(=O)C(C)OC(=O)c2cc(C)n(Cc3cccs3)c2C)on1. The zero-order chi connectivity index (χ0) is 19.6. The number of nitrogens with zero attached hydrogens (tertiary/aromatic N) is 2.